The van der Waals surface area contributed by atoms with E-state index in [1.807, 2.05) is 6.20 Å². The molecule has 0 aromatic heterocycles. The van der Waals surface area contributed by atoms with Crippen LogP contribution in [0.4, 0.5) is 0 Å². The molecular weight excluding hydrogens is 114 g/mol. The van der Waals surface area contributed by atoms with Gasteiger partial charge in [-0.05, 0) is 12.3 Å². The fourth-order valence-electron chi connectivity index (χ4n) is 0.825. The Morgan fingerprint density at radius 3 is 2.78 bits per heavy atom. The van der Waals surface area contributed by atoms with Crippen molar-refractivity contribution >= 4 is 0 Å². The van der Waals surface area contributed by atoms with Crippen molar-refractivity contribution < 1.29 is 0 Å². The zero-order chi connectivity index (χ0) is 6.69. The molecule has 9 heavy (non-hydrogen) atoms. The topological polar surface area (TPSA) is 36.1 Å². The first-order valence-corrected chi connectivity index (χ1v) is 3.24. The summed E-state index contributed by atoms with van der Waals surface area (Å²) in [6, 6.07) is 0. The molecule has 3 nitrogen and oxygen atoms in total. The van der Waals surface area contributed by atoms with Crippen LogP contribution >= 0.6 is 0 Å². The average molecular weight is 127 g/mol. The van der Waals surface area contributed by atoms with Crippen molar-refractivity contribution in [3.8, 4) is 0 Å². The molecule has 0 saturated heterocycles. The molecule has 0 saturated carbocycles. The van der Waals surface area contributed by atoms with Crippen LogP contribution in [0.5, 0.6) is 0 Å². The molecule has 0 spiro atoms. The lowest BCUT2D eigenvalue weighted by molar-refractivity contribution is 0.555. The van der Waals surface area contributed by atoms with Gasteiger partial charge in [0.2, 0.25) is 0 Å². The van der Waals surface area contributed by atoms with Crippen LogP contribution in [0.2, 0.25) is 0 Å². The molecule has 1 heterocycles. The first-order valence-electron chi connectivity index (χ1n) is 3.24. The minimum Gasteiger partial charge on any atom is -0.310 e. The van der Waals surface area contributed by atoms with Crippen molar-refractivity contribution in [2.24, 2.45) is 5.92 Å². The van der Waals surface area contributed by atoms with E-state index in [9.17, 15) is 0 Å². The Morgan fingerprint density at radius 1 is 1.56 bits per heavy atom. The summed E-state index contributed by atoms with van der Waals surface area (Å²) in [5.74, 6) is 0.713. The molecule has 1 aliphatic rings. The summed E-state index contributed by atoms with van der Waals surface area (Å²) in [6.45, 7) is 4.39. The Hall–Kier alpha value is -0.700. The first kappa shape index (κ1) is 6.42. The number of nitrogens with one attached hydrogen (secondary N) is 3. The van der Waals surface area contributed by atoms with Gasteiger partial charge in [0.1, 0.15) is 0 Å². The van der Waals surface area contributed by atoms with Crippen LogP contribution in [0, 0.1) is 5.92 Å². The molecule has 0 unspecified atom stereocenters. The zero-order valence-corrected chi connectivity index (χ0v) is 5.86. The van der Waals surface area contributed by atoms with Gasteiger partial charge < -0.3 is 10.9 Å². The Morgan fingerprint density at radius 2 is 2.33 bits per heavy atom. The van der Waals surface area contributed by atoms with E-state index < -0.39 is 0 Å². The molecule has 0 atom stereocenters. The smallest absolute Gasteiger partial charge is 0.0453 e. The van der Waals surface area contributed by atoms with Gasteiger partial charge in [-0.3, -0.25) is 0 Å². The highest BCUT2D eigenvalue weighted by Gasteiger charge is 2.02. The van der Waals surface area contributed by atoms with Crippen LogP contribution in [0.25, 0.3) is 0 Å². The third-order valence-electron chi connectivity index (χ3n) is 1.17. The van der Waals surface area contributed by atoms with Gasteiger partial charge in [0.25, 0.3) is 0 Å². The Kier molecular flexibility index (Phi) is 1.95. The molecule has 1 aliphatic heterocycles. The molecule has 3 heteroatoms. The molecule has 0 aromatic carbocycles. The fraction of sp³-hybridized carbons (Fsp3) is 0.667. The van der Waals surface area contributed by atoms with Crippen LogP contribution in [-0.2, 0) is 0 Å². The molecule has 0 bridgehead atoms. The molecule has 0 fully saturated rings. The largest absolute Gasteiger partial charge is 0.310 e. The number of rotatable bonds is 2. The number of hydrogen-bond donors (Lipinski definition) is 3. The molecule has 0 amide bonds. The van der Waals surface area contributed by atoms with Gasteiger partial charge in [-0.25, -0.2) is 0 Å². The van der Waals surface area contributed by atoms with Gasteiger partial charge >= 0.3 is 0 Å². The molecule has 52 valence electrons. The predicted molar refractivity (Wildman–Crippen MR) is 36.9 cm³/mol. The predicted octanol–water partition coefficient (Wildman–Crippen LogP) is 0.486. The van der Waals surface area contributed by atoms with Gasteiger partial charge in [-0.1, -0.05) is 13.8 Å². The maximum absolute atomic E-state index is 2.99. The molecule has 0 aliphatic carbocycles. The highest BCUT2D eigenvalue weighted by molar-refractivity contribution is 5.00. The minimum atomic E-state index is 0.713. The lowest BCUT2D eigenvalue weighted by Gasteiger charge is -2.04. The normalized spacial score (nSPS) is 17.0. The summed E-state index contributed by atoms with van der Waals surface area (Å²) < 4.78 is 0. The Bertz CT molecular complexity index is 117. The van der Waals surface area contributed by atoms with Crippen molar-refractivity contribution in [1.82, 2.24) is 16.4 Å². The lowest BCUT2D eigenvalue weighted by atomic mass is 10.1. The molecule has 3 N–H and O–H groups in total. The fourth-order valence-corrected chi connectivity index (χ4v) is 0.825. The standard InChI is InChI=1S/C6H13N3/c1-5(2)3-6-4-7-9-8-6/h4-5,7-9H,3H2,1-2H3. The van der Waals surface area contributed by atoms with Crippen molar-refractivity contribution in [2.45, 2.75) is 20.3 Å². The van der Waals surface area contributed by atoms with E-state index in [1.54, 1.807) is 0 Å². The molecule has 0 radical (unpaired) electrons. The van der Waals surface area contributed by atoms with Gasteiger partial charge in [-0.15, -0.1) is 0 Å². The molecule has 0 aromatic rings. The van der Waals surface area contributed by atoms with E-state index >= 15 is 0 Å². The van der Waals surface area contributed by atoms with Crippen LogP contribution in [0.15, 0.2) is 11.9 Å². The van der Waals surface area contributed by atoms with E-state index in [-0.39, 0.29) is 0 Å². The second kappa shape index (κ2) is 2.73. The molecule has 1 rings (SSSR count). The summed E-state index contributed by atoms with van der Waals surface area (Å²) >= 11 is 0. The SMILES string of the molecule is CC(C)CC1=CNNN1. The molecular formula is C6H13N3. The first-order chi connectivity index (χ1) is 4.29. The van der Waals surface area contributed by atoms with Gasteiger partial charge in [0.05, 0.1) is 0 Å². The van der Waals surface area contributed by atoms with Crippen molar-refractivity contribution in [3.63, 3.8) is 0 Å². The summed E-state index contributed by atoms with van der Waals surface area (Å²) in [5, 5.41) is 0. The van der Waals surface area contributed by atoms with Gasteiger partial charge in [-0.2, -0.15) is 5.53 Å². The average Bonchev–Trinajstić information content (AvgIpc) is 2.15. The zero-order valence-electron chi connectivity index (χ0n) is 5.86. The third kappa shape index (κ3) is 1.93. The minimum absolute atomic E-state index is 0.713. The monoisotopic (exact) mass is 127 g/mol. The van der Waals surface area contributed by atoms with Crippen molar-refractivity contribution in [2.75, 3.05) is 0 Å². The highest BCUT2D eigenvalue weighted by Crippen LogP contribution is 2.06. The highest BCUT2D eigenvalue weighted by atomic mass is 15.6. The Balaban J connectivity index is 2.26. The van der Waals surface area contributed by atoms with E-state index in [0.29, 0.717) is 5.92 Å². The quantitative estimate of drug-likeness (QED) is 0.505. The van der Waals surface area contributed by atoms with Crippen LogP contribution < -0.4 is 16.4 Å². The second-order valence-corrected chi connectivity index (χ2v) is 2.66. The van der Waals surface area contributed by atoms with Crippen molar-refractivity contribution in [1.29, 1.82) is 0 Å². The maximum atomic E-state index is 2.99. The lowest BCUT2D eigenvalue weighted by Crippen LogP contribution is -2.31. The van der Waals surface area contributed by atoms with Crippen LogP contribution in [0.3, 0.4) is 0 Å². The van der Waals surface area contributed by atoms with Crippen molar-refractivity contribution in [3.05, 3.63) is 11.9 Å². The summed E-state index contributed by atoms with van der Waals surface area (Å²) in [4.78, 5) is 0. The Labute approximate surface area is 55.5 Å². The van der Waals surface area contributed by atoms with Crippen LogP contribution in [-0.4, -0.2) is 0 Å². The van der Waals surface area contributed by atoms with Gasteiger partial charge in [0, 0.05) is 11.9 Å². The van der Waals surface area contributed by atoms with E-state index in [1.165, 1.54) is 5.70 Å². The third-order valence-corrected chi connectivity index (χ3v) is 1.17. The number of allylic oxidation sites excluding steroid dienone is 1. The van der Waals surface area contributed by atoms with Gasteiger partial charge in [0.15, 0.2) is 0 Å². The van der Waals surface area contributed by atoms with Crippen LogP contribution in [0.1, 0.15) is 20.3 Å². The number of hydrogen-bond acceptors (Lipinski definition) is 3. The van der Waals surface area contributed by atoms with E-state index in [0.717, 1.165) is 6.42 Å². The van der Waals surface area contributed by atoms with E-state index in [2.05, 4.69) is 30.2 Å². The summed E-state index contributed by atoms with van der Waals surface area (Å²) in [6.07, 6.45) is 3.04. The number of hydrazine groups is 2. The second-order valence-electron chi connectivity index (χ2n) is 2.66. The maximum Gasteiger partial charge on any atom is 0.0453 e. The van der Waals surface area contributed by atoms with E-state index in [4.69, 9.17) is 0 Å². The summed E-state index contributed by atoms with van der Waals surface area (Å²) in [5.41, 5.74) is 9.85. The summed E-state index contributed by atoms with van der Waals surface area (Å²) in [7, 11) is 0.